The normalized spacial score (nSPS) is 17.8. The molecule has 0 saturated carbocycles. The fourth-order valence-electron chi connectivity index (χ4n) is 1.75. The summed E-state index contributed by atoms with van der Waals surface area (Å²) in [5, 5.41) is 2.85. The molecule has 0 aliphatic carbocycles. The SMILES string of the molecule is NC1C=CC=CN1CCC(=O)Nc1ccccc1. The van der Waals surface area contributed by atoms with Crippen LogP contribution < -0.4 is 11.1 Å². The number of amides is 1. The molecular formula is C14H17N3O. The highest BCUT2D eigenvalue weighted by atomic mass is 16.1. The molecule has 0 aromatic heterocycles. The fraction of sp³-hybridized carbons (Fsp3) is 0.214. The zero-order valence-corrected chi connectivity index (χ0v) is 10.1. The average Bonchev–Trinajstić information content (AvgIpc) is 2.39. The number of nitrogens with zero attached hydrogens (tertiary/aromatic N) is 1. The minimum Gasteiger partial charge on any atom is -0.358 e. The number of anilines is 1. The van der Waals surface area contributed by atoms with E-state index in [1.54, 1.807) is 0 Å². The molecule has 1 amide bonds. The van der Waals surface area contributed by atoms with Crippen LogP contribution in [0, 0.1) is 0 Å². The molecule has 1 aromatic carbocycles. The second-order valence-corrected chi connectivity index (χ2v) is 4.12. The molecule has 3 N–H and O–H groups in total. The van der Waals surface area contributed by atoms with E-state index in [1.807, 2.05) is 59.7 Å². The number of benzene rings is 1. The lowest BCUT2D eigenvalue weighted by molar-refractivity contribution is -0.116. The summed E-state index contributed by atoms with van der Waals surface area (Å²) < 4.78 is 0. The number of hydrogen-bond donors (Lipinski definition) is 2. The molecule has 1 aliphatic heterocycles. The zero-order valence-electron chi connectivity index (χ0n) is 10.1. The first-order chi connectivity index (χ1) is 8.75. The van der Waals surface area contributed by atoms with Gasteiger partial charge in [0.05, 0.1) is 6.17 Å². The number of para-hydroxylation sites is 1. The molecular weight excluding hydrogens is 226 g/mol. The van der Waals surface area contributed by atoms with Crippen molar-refractivity contribution < 1.29 is 4.79 Å². The third-order valence-electron chi connectivity index (χ3n) is 2.73. The molecule has 94 valence electrons. The van der Waals surface area contributed by atoms with Gasteiger partial charge < -0.3 is 16.0 Å². The van der Waals surface area contributed by atoms with Gasteiger partial charge in [-0.15, -0.1) is 0 Å². The lowest BCUT2D eigenvalue weighted by Gasteiger charge is -2.26. The predicted octanol–water partition coefficient (Wildman–Crippen LogP) is 1.69. The Morgan fingerprint density at radius 2 is 2.06 bits per heavy atom. The summed E-state index contributed by atoms with van der Waals surface area (Å²) in [7, 11) is 0. The van der Waals surface area contributed by atoms with E-state index in [1.165, 1.54) is 0 Å². The minimum absolute atomic E-state index is 0.00338. The van der Waals surface area contributed by atoms with E-state index in [0.717, 1.165) is 5.69 Å². The van der Waals surface area contributed by atoms with Gasteiger partial charge in [0.2, 0.25) is 5.91 Å². The Bertz CT molecular complexity index is 453. The van der Waals surface area contributed by atoms with E-state index in [2.05, 4.69) is 5.32 Å². The second kappa shape index (κ2) is 6.02. The second-order valence-electron chi connectivity index (χ2n) is 4.12. The molecule has 0 radical (unpaired) electrons. The summed E-state index contributed by atoms with van der Waals surface area (Å²) in [6.45, 7) is 0.612. The third-order valence-corrected chi connectivity index (χ3v) is 2.73. The summed E-state index contributed by atoms with van der Waals surface area (Å²) in [5.74, 6) is -0.00338. The highest BCUT2D eigenvalue weighted by molar-refractivity contribution is 5.90. The Morgan fingerprint density at radius 3 is 2.78 bits per heavy atom. The van der Waals surface area contributed by atoms with Crippen molar-refractivity contribution >= 4 is 11.6 Å². The predicted molar refractivity (Wildman–Crippen MR) is 72.7 cm³/mol. The highest BCUT2D eigenvalue weighted by Gasteiger charge is 2.11. The van der Waals surface area contributed by atoms with Crippen LogP contribution in [0.15, 0.2) is 54.8 Å². The van der Waals surface area contributed by atoms with E-state index in [-0.39, 0.29) is 12.1 Å². The first kappa shape index (κ1) is 12.4. The molecule has 1 aromatic rings. The van der Waals surface area contributed by atoms with Crippen LogP contribution >= 0.6 is 0 Å². The van der Waals surface area contributed by atoms with Crippen molar-refractivity contribution in [2.24, 2.45) is 5.73 Å². The van der Waals surface area contributed by atoms with Crippen LogP contribution in [0.5, 0.6) is 0 Å². The average molecular weight is 243 g/mol. The molecule has 0 fully saturated rings. The molecule has 1 atom stereocenters. The van der Waals surface area contributed by atoms with Crippen LogP contribution in [-0.4, -0.2) is 23.5 Å². The van der Waals surface area contributed by atoms with E-state index in [9.17, 15) is 4.79 Å². The number of rotatable bonds is 4. The van der Waals surface area contributed by atoms with Crippen molar-refractivity contribution in [3.05, 3.63) is 54.8 Å². The molecule has 1 aliphatic rings. The molecule has 4 nitrogen and oxygen atoms in total. The van der Waals surface area contributed by atoms with Crippen molar-refractivity contribution in [3.8, 4) is 0 Å². The van der Waals surface area contributed by atoms with Crippen molar-refractivity contribution in [1.82, 2.24) is 4.90 Å². The van der Waals surface area contributed by atoms with Gasteiger partial charge in [-0.05, 0) is 24.3 Å². The maximum atomic E-state index is 11.7. The molecule has 0 saturated heterocycles. The zero-order chi connectivity index (χ0) is 12.8. The van der Waals surface area contributed by atoms with Crippen molar-refractivity contribution in [3.63, 3.8) is 0 Å². The van der Waals surface area contributed by atoms with Crippen molar-refractivity contribution in [2.75, 3.05) is 11.9 Å². The number of allylic oxidation sites excluding steroid dienone is 2. The number of carbonyl (C=O) groups excluding carboxylic acids is 1. The van der Waals surface area contributed by atoms with Crippen LogP contribution in [0.1, 0.15) is 6.42 Å². The van der Waals surface area contributed by atoms with E-state index < -0.39 is 0 Å². The van der Waals surface area contributed by atoms with Gasteiger partial charge in [-0.25, -0.2) is 0 Å². The Labute approximate surface area is 107 Å². The Balaban J connectivity index is 1.79. The first-order valence-corrected chi connectivity index (χ1v) is 5.97. The van der Waals surface area contributed by atoms with Gasteiger partial charge in [0.15, 0.2) is 0 Å². The number of carbonyl (C=O) groups is 1. The molecule has 4 heteroatoms. The minimum atomic E-state index is -0.139. The van der Waals surface area contributed by atoms with Crippen molar-refractivity contribution in [2.45, 2.75) is 12.6 Å². The molecule has 2 rings (SSSR count). The largest absolute Gasteiger partial charge is 0.358 e. The maximum Gasteiger partial charge on any atom is 0.226 e. The summed E-state index contributed by atoms with van der Waals surface area (Å²) in [5.41, 5.74) is 6.69. The maximum absolute atomic E-state index is 11.7. The lowest BCUT2D eigenvalue weighted by atomic mass is 10.2. The smallest absolute Gasteiger partial charge is 0.226 e. The van der Waals surface area contributed by atoms with Gasteiger partial charge in [-0.2, -0.15) is 0 Å². The first-order valence-electron chi connectivity index (χ1n) is 5.97. The van der Waals surface area contributed by atoms with Crippen LogP contribution in [0.2, 0.25) is 0 Å². The van der Waals surface area contributed by atoms with Gasteiger partial charge in [0, 0.05) is 24.9 Å². The van der Waals surface area contributed by atoms with Gasteiger partial charge in [-0.3, -0.25) is 4.79 Å². The number of nitrogens with one attached hydrogen (secondary N) is 1. The van der Waals surface area contributed by atoms with E-state index in [4.69, 9.17) is 5.73 Å². The molecule has 18 heavy (non-hydrogen) atoms. The number of hydrogen-bond acceptors (Lipinski definition) is 3. The molecule has 0 spiro atoms. The quantitative estimate of drug-likeness (QED) is 0.846. The Morgan fingerprint density at radius 1 is 1.28 bits per heavy atom. The third kappa shape index (κ3) is 3.46. The van der Waals surface area contributed by atoms with Gasteiger partial charge in [0.25, 0.3) is 0 Å². The van der Waals surface area contributed by atoms with Gasteiger partial charge in [0.1, 0.15) is 0 Å². The van der Waals surface area contributed by atoms with Crippen LogP contribution in [0.3, 0.4) is 0 Å². The molecule has 1 unspecified atom stereocenters. The summed E-state index contributed by atoms with van der Waals surface area (Å²) in [6, 6.07) is 9.44. The van der Waals surface area contributed by atoms with Crippen LogP contribution in [0.4, 0.5) is 5.69 Å². The summed E-state index contributed by atoms with van der Waals surface area (Å²) in [4.78, 5) is 13.7. The highest BCUT2D eigenvalue weighted by Crippen LogP contribution is 2.07. The van der Waals surface area contributed by atoms with Crippen molar-refractivity contribution in [1.29, 1.82) is 0 Å². The van der Waals surface area contributed by atoms with Crippen LogP contribution in [0.25, 0.3) is 0 Å². The summed E-state index contributed by atoms with van der Waals surface area (Å²) in [6.07, 6.45) is 7.90. The van der Waals surface area contributed by atoms with E-state index >= 15 is 0 Å². The standard InChI is InChI=1S/C14H17N3O/c15-13-8-4-5-10-17(13)11-9-14(18)16-12-6-2-1-3-7-12/h1-8,10,13H,9,11,15H2,(H,16,18). The number of nitrogens with two attached hydrogens (primary N) is 1. The topological polar surface area (TPSA) is 58.4 Å². The Kier molecular flexibility index (Phi) is 4.15. The van der Waals surface area contributed by atoms with Crippen LogP contribution in [-0.2, 0) is 4.79 Å². The molecule has 1 heterocycles. The van der Waals surface area contributed by atoms with E-state index in [0.29, 0.717) is 13.0 Å². The van der Waals surface area contributed by atoms with Gasteiger partial charge in [-0.1, -0.05) is 24.3 Å². The monoisotopic (exact) mass is 243 g/mol. The lowest BCUT2D eigenvalue weighted by Crippen LogP contribution is -2.39. The van der Waals surface area contributed by atoms with Gasteiger partial charge >= 0.3 is 0 Å². The Hall–Kier alpha value is -2.07. The fourth-order valence-corrected chi connectivity index (χ4v) is 1.75. The molecule has 0 bridgehead atoms. The summed E-state index contributed by atoms with van der Waals surface area (Å²) >= 11 is 0.